The molecule has 2 rings (SSSR count). The van der Waals surface area contributed by atoms with Crippen LogP contribution in [0.1, 0.15) is 23.5 Å². The molecule has 1 unspecified atom stereocenters. The van der Waals surface area contributed by atoms with Gasteiger partial charge in [0.2, 0.25) is 0 Å². The number of hydrogen-bond acceptors (Lipinski definition) is 4. The lowest BCUT2D eigenvalue weighted by atomic mass is 10.2. The molecule has 0 radical (unpaired) electrons. The summed E-state index contributed by atoms with van der Waals surface area (Å²) in [4.78, 5) is 6.88. The summed E-state index contributed by atoms with van der Waals surface area (Å²) in [5.74, 6) is 0. The Hall–Kier alpha value is -0.160. The standard InChI is InChI=1S/C11H19N3S.ClH/c1-9-13-10(8-15-9)6-12-7-11-4-3-5-14(11)2;/h8,11-12H,3-7H2,1-2H3;1H. The van der Waals surface area contributed by atoms with Crippen LogP contribution in [0.2, 0.25) is 0 Å². The highest BCUT2D eigenvalue weighted by atomic mass is 35.5. The van der Waals surface area contributed by atoms with Crippen LogP contribution in [-0.4, -0.2) is 36.1 Å². The van der Waals surface area contributed by atoms with Crippen molar-refractivity contribution in [2.75, 3.05) is 20.1 Å². The van der Waals surface area contributed by atoms with E-state index in [1.807, 2.05) is 0 Å². The van der Waals surface area contributed by atoms with Crippen molar-refractivity contribution < 1.29 is 0 Å². The Kier molecular flexibility index (Phi) is 5.69. The fourth-order valence-electron chi connectivity index (χ4n) is 2.09. The maximum absolute atomic E-state index is 4.44. The summed E-state index contributed by atoms with van der Waals surface area (Å²) in [7, 11) is 2.21. The van der Waals surface area contributed by atoms with Gasteiger partial charge in [0.1, 0.15) is 0 Å². The van der Waals surface area contributed by atoms with Gasteiger partial charge in [-0.3, -0.25) is 0 Å². The quantitative estimate of drug-likeness (QED) is 0.899. The molecule has 1 atom stereocenters. The van der Waals surface area contributed by atoms with Crippen molar-refractivity contribution in [1.82, 2.24) is 15.2 Å². The zero-order valence-corrected chi connectivity index (χ0v) is 11.5. The number of aromatic nitrogens is 1. The summed E-state index contributed by atoms with van der Waals surface area (Å²) in [6.45, 7) is 5.31. The average molecular weight is 262 g/mol. The van der Waals surface area contributed by atoms with Crippen LogP contribution < -0.4 is 5.32 Å². The Morgan fingerprint density at radius 3 is 3.00 bits per heavy atom. The van der Waals surface area contributed by atoms with E-state index in [0.717, 1.165) is 24.1 Å². The third-order valence-corrected chi connectivity index (χ3v) is 3.85. The van der Waals surface area contributed by atoms with Crippen molar-refractivity contribution >= 4 is 23.7 Å². The topological polar surface area (TPSA) is 28.2 Å². The lowest BCUT2D eigenvalue weighted by Crippen LogP contribution is -2.35. The summed E-state index contributed by atoms with van der Waals surface area (Å²) in [5, 5.41) is 6.79. The fourth-order valence-corrected chi connectivity index (χ4v) is 2.71. The largest absolute Gasteiger partial charge is 0.310 e. The molecule has 1 aromatic rings. The van der Waals surface area contributed by atoms with Gasteiger partial charge in [-0.15, -0.1) is 23.7 Å². The van der Waals surface area contributed by atoms with E-state index < -0.39 is 0 Å². The van der Waals surface area contributed by atoms with E-state index in [1.165, 1.54) is 25.1 Å². The first-order valence-electron chi connectivity index (χ1n) is 5.57. The van der Waals surface area contributed by atoms with E-state index in [0.29, 0.717) is 0 Å². The van der Waals surface area contributed by atoms with Gasteiger partial charge in [0, 0.05) is 24.5 Å². The summed E-state index contributed by atoms with van der Waals surface area (Å²) in [6.07, 6.45) is 2.68. The molecule has 0 amide bonds. The van der Waals surface area contributed by atoms with Gasteiger partial charge >= 0.3 is 0 Å². The van der Waals surface area contributed by atoms with E-state index in [-0.39, 0.29) is 12.4 Å². The summed E-state index contributed by atoms with van der Waals surface area (Å²) < 4.78 is 0. The second-order valence-corrected chi connectivity index (χ2v) is 5.33. The van der Waals surface area contributed by atoms with Crippen LogP contribution in [0.15, 0.2) is 5.38 Å². The van der Waals surface area contributed by atoms with E-state index in [1.54, 1.807) is 11.3 Å². The lowest BCUT2D eigenvalue weighted by Gasteiger charge is -2.19. The van der Waals surface area contributed by atoms with Crippen LogP contribution in [0.25, 0.3) is 0 Å². The van der Waals surface area contributed by atoms with Crippen LogP contribution >= 0.6 is 23.7 Å². The second-order valence-electron chi connectivity index (χ2n) is 4.27. The lowest BCUT2D eigenvalue weighted by molar-refractivity contribution is 0.300. The van der Waals surface area contributed by atoms with Crippen LogP contribution in [0.3, 0.4) is 0 Å². The molecule has 0 saturated carbocycles. The minimum atomic E-state index is 0. The van der Waals surface area contributed by atoms with Crippen molar-refractivity contribution in [1.29, 1.82) is 0 Å². The molecule has 1 aromatic heterocycles. The van der Waals surface area contributed by atoms with Crippen molar-refractivity contribution in [3.8, 4) is 0 Å². The van der Waals surface area contributed by atoms with Crippen LogP contribution in [0.4, 0.5) is 0 Å². The monoisotopic (exact) mass is 261 g/mol. The molecule has 5 heteroatoms. The first-order valence-corrected chi connectivity index (χ1v) is 6.45. The maximum atomic E-state index is 4.44. The number of likely N-dealkylation sites (tertiary alicyclic amines) is 1. The molecule has 0 bridgehead atoms. The van der Waals surface area contributed by atoms with Gasteiger partial charge in [0.25, 0.3) is 0 Å². The Bertz CT molecular complexity index is 316. The first kappa shape index (κ1) is 13.9. The summed E-state index contributed by atoms with van der Waals surface area (Å²) in [6, 6.07) is 0.727. The second kappa shape index (κ2) is 6.55. The average Bonchev–Trinajstić information content (AvgIpc) is 2.77. The molecule has 1 aliphatic rings. The van der Waals surface area contributed by atoms with Gasteiger partial charge in [-0.05, 0) is 33.4 Å². The molecule has 1 N–H and O–H groups in total. The zero-order chi connectivity index (χ0) is 10.7. The smallest absolute Gasteiger partial charge is 0.0897 e. The number of likely N-dealkylation sites (N-methyl/N-ethyl adjacent to an activating group) is 1. The Balaban J connectivity index is 0.00000128. The van der Waals surface area contributed by atoms with Crippen molar-refractivity contribution in [2.24, 2.45) is 0 Å². The van der Waals surface area contributed by atoms with Crippen LogP contribution in [0.5, 0.6) is 0 Å². The first-order chi connectivity index (χ1) is 7.25. The zero-order valence-electron chi connectivity index (χ0n) is 9.90. The Morgan fingerprint density at radius 2 is 2.44 bits per heavy atom. The molecule has 1 saturated heterocycles. The molecule has 1 aliphatic heterocycles. The predicted molar refractivity (Wildman–Crippen MR) is 71.5 cm³/mol. The van der Waals surface area contributed by atoms with Gasteiger partial charge in [-0.25, -0.2) is 4.98 Å². The summed E-state index contributed by atoms with van der Waals surface area (Å²) >= 11 is 1.73. The highest BCUT2D eigenvalue weighted by Gasteiger charge is 2.19. The number of halogens is 1. The van der Waals surface area contributed by atoms with E-state index >= 15 is 0 Å². The van der Waals surface area contributed by atoms with E-state index in [2.05, 4.69) is 34.6 Å². The van der Waals surface area contributed by atoms with Crippen molar-refractivity contribution in [3.63, 3.8) is 0 Å². The maximum Gasteiger partial charge on any atom is 0.0897 e. The normalized spacial score (nSPS) is 21.0. The fraction of sp³-hybridized carbons (Fsp3) is 0.727. The van der Waals surface area contributed by atoms with Crippen LogP contribution in [-0.2, 0) is 6.54 Å². The number of rotatable bonds is 4. The highest BCUT2D eigenvalue weighted by molar-refractivity contribution is 7.09. The minimum absolute atomic E-state index is 0. The van der Waals surface area contributed by atoms with Gasteiger partial charge < -0.3 is 10.2 Å². The molecule has 92 valence electrons. The Morgan fingerprint density at radius 1 is 1.62 bits per heavy atom. The van der Waals surface area contributed by atoms with Crippen molar-refractivity contribution in [3.05, 3.63) is 16.1 Å². The molecular weight excluding hydrogens is 242 g/mol. The molecule has 3 nitrogen and oxygen atoms in total. The summed E-state index contributed by atoms with van der Waals surface area (Å²) in [5.41, 5.74) is 1.18. The molecule has 0 aromatic carbocycles. The predicted octanol–water partition coefficient (Wildman–Crippen LogP) is 2.06. The van der Waals surface area contributed by atoms with Crippen molar-refractivity contribution in [2.45, 2.75) is 32.4 Å². The van der Waals surface area contributed by atoms with Gasteiger partial charge in [0.15, 0.2) is 0 Å². The van der Waals surface area contributed by atoms with Gasteiger partial charge in [-0.1, -0.05) is 0 Å². The van der Waals surface area contributed by atoms with Gasteiger partial charge in [-0.2, -0.15) is 0 Å². The number of thiazole rings is 1. The molecule has 16 heavy (non-hydrogen) atoms. The Labute approximate surface area is 108 Å². The molecule has 1 fully saturated rings. The number of hydrogen-bond donors (Lipinski definition) is 1. The van der Waals surface area contributed by atoms with E-state index in [4.69, 9.17) is 0 Å². The number of aryl methyl sites for hydroxylation is 1. The third-order valence-electron chi connectivity index (χ3n) is 3.02. The number of nitrogens with one attached hydrogen (secondary N) is 1. The number of nitrogens with zero attached hydrogens (tertiary/aromatic N) is 2. The SMILES string of the molecule is Cc1nc(CNCC2CCCN2C)cs1.Cl. The molecule has 0 spiro atoms. The van der Waals surface area contributed by atoms with Gasteiger partial charge in [0.05, 0.1) is 10.7 Å². The highest BCUT2D eigenvalue weighted by Crippen LogP contribution is 2.14. The third kappa shape index (κ3) is 3.70. The molecule has 0 aliphatic carbocycles. The minimum Gasteiger partial charge on any atom is -0.310 e. The molecular formula is C11H20ClN3S. The van der Waals surface area contributed by atoms with E-state index in [9.17, 15) is 0 Å². The van der Waals surface area contributed by atoms with Crippen LogP contribution in [0, 0.1) is 6.92 Å². The molecule has 2 heterocycles.